The molecule has 0 bridgehead atoms. The van der Waals surface area contributed by atoms with Gasteiger partial charge in [0.25, 0.3) is 5.91 Å². The Balaban J connectivity index is 1.30. The maximum Gasteiger partial charge on any atom is 0.255 e. The summed E-state index contributed by atoms with van der Waals surface area (Å²) in [4.78, 5) is 24.2. The van der Waals surface area contributed by atoms with Gasteiger partial charge in [0, 0.05) is 34.6 Å². The molecule has 28 heavy (non-hydrogen) atoms. The van der Waals surface area contributed by atoms with Crippen LogP contribution in [0.3, 0.4) is 0 Å². The summed E-state index contributed by atoms with van der Waals surface area (Å²) in [6.07, 6.45) is 8.36. The lowest BCUT2D eigenvalue weighted by molar-refractivity contribution is -0.117. The fourth-order valence-electron chi connectivity index (χ4n) is 3.63. The van der Waals surface area contributed by atoms with Crippen LogP contribution in [0.25, 0.3) is 0 Å². The number of carbonyl (C=O) groups is 2. The monoisotopic (exact) mass is 377 g/mol. The number of nitrogens with one attached hydrogen (secondary N) is 3. The molecule has 2 amide bonds. The molecular weight excluding hydrogens is 350 g/mol. The minimum atomic E-state index is -0.159. The molecule has 0 aliphatic heterocycles. The van der Waals surface area contributed by atoms with Crippen LogP contribution < -0.4 is 16.0 Å². The largest absolute Gasteiger partial charge is 0.382 e. The predicted octanol–water partition coefficient (Wildman–Crippen LogP) is 5.03. The molecule has 2 aliphatic carbocycles. The van der Waals surface area contributed by atoms with Crippen LogP contribution in [0.5, 0.6) is 0 Å². The van der Waals surface area contributed by atoms with Gasteiger partial charge in [-0.25, -0.2) is 0 Å². The van der Waals surface area contributed by atoms with E-state index in [2.05, 4.69) is 16.0 Å². The van der Waals surface area contributed by atoms with Crippen LogP contribution in [0.4, 0.5) is 17.1 Å². The Morgan fingerprint density at radius 1 is 0.679 bits per heavy atom. The van der Waals surface area contributed by atoms with Gasteiger partial charge in [-0.2, -0.15) is 0 Å². The molecule has 5 nitrogen and oxygen atoms in total. The molecule has 0 spiro atoms. The second kappa shape index (κ2) is 8.46. The molecule has 0 saturated heterocycles. The standard InChI is InChI=1S/C23H27N3O2/c27-22(16-6-7-16)25-20-10-8-17(9-11-20)23(28)26-21-14-12-19(13-15-21)24-18-4-2-1-3-5-18/h8-16,18,24H,1-7H2,(H,25,27)(H,26,28). The van der Waals surface area contributed by atoms with Crippen LogP contribution in [0.2, 0.25) is 0 Å². The topological polar surface area (TPSA) is 70.2 Å². The zero-order valence-corrected chi connectivity index (χ0v) is 16.0. The van der Waals surface area contributed by atoms with Gasteiger partial charge in [0.15, 0.2) is 0 Å². The Morgan fingerprint density at radius 3 is 1.89 bits per heavy atom. The summed E-state index contributed by atoms with van der Waals surface area (Å²) in [7, 11) is 0. The molecule has 2 aromatic carbocycles. The fourth-order valence-corrected chi connectivity index (χ4v) is 3.63. The number of benzene rings is 2. The number of hydrogen-bond acceptors (Lipinski definition) is 3. The van der Waals surface area contributed by atoms with Crippen molar-refractivity contribution in [1.29, 1.82) is 0 Å². The highest BCUT2D eigenvalue weighted by Crippen LogP contribution is 2.30. The first-order valence-corrected chi connectivity index (χ1v) is 10.3. The zero-order valence-electron chi connectivity index (χ0n) is 16.0. The van der Waals surface area contributed by atoms with Crippen molar-refractivity contribution < 1.29 is 9.59 Å². The maximum atomic E-state index is 12.5. The molecule has 146 valence electrons. The highest BCUT2D eigenvalue weighted by atomic mass is 16.2. The van der Waals surface area contributed by atoms with Crippen LogP contribution in [0.1, 0.15) is 55.3 Å². The Morgan fingerprint density at radius 2 is 1.25 bits per heavy atom. The molecule has 0 heterocycles. The van der Waals surface area contributed by atoms with E-state index in [1.165, 1.54) is 32.1 Å². The third kappa shape index (κ3) is 4.91. The van der Waals surface area contributed by atoms with Crippen molar-refractivity contribution in [2.24, 2.45) is 5.92 Å². The highest BCUT2D eigenvalue weighted by molar-refractivity contribution is 6.04. The van der Waals surface area contributed by atoms with Gasteiger partial charge in [-0.1, -0.05) is 19.3 Å². The molecule has 3 N–H and O–H groups in total. The summed E-state index contributed by atoms with van der Waals surface area (Å²) in [6.45, 7) is 0. The number of amides is 2. The Labute approximate surface area is 165 Å². The molecule has 2 aromatic rings. The maximum absolute atomic E-state index is 12.5. The molecule has 2 saturated carbocycles. The Hall–Kier alpha value is -2.82. The predicted molar refractivity (Wildman–Crippen MR) is 113 cm³/mol. The molecule has 0 atom stereocenters. The van der Waals surface area contributed by atoms with Gasteiger partial charge in [-0.15, -0.1) is 0 Å². The lowest BCUT2D eigenvalue weighted by atomic mass is 9.95. The van der Waals surface area contributed by atoms with Gasteiger partial charge in [0.05, 0.1) is 0 Å². The van der Waals surface area contributed by atoms with E-state index in [9.17, 15) is 9.59 Å². The third-order valence-electron chi connectivity index (χ3n) is 5.48. The Kier molecular flexibility index (Phi) is 5.60. The first kappa shape index (κ1) is 18.5. The van der Waals surface area contributed by atoms with Gasteiger partial charge in [-0.3, -0.25) is 9.59 Å². The van der Waals surface area contributed by atoms with E-state index in [-0.39, 0.29) is 17.7 Å². The summed E-state index contributed by atoms with van der Waals surface area (Å²) < 4.78 is 0. The number of hydrogen-bond donors (Lipinski definition) is 3. The van der Waals surface area contributed by atoms with Gasteiger partial charge in [0.2, 0.25) is 5.91 Å². The van der Waals surface area contributed by atoms with Crippen molar-refractivity contribution in [3.8, 4) is 0 Å². The van der Waals surface area contributed by atoms with E-state index in [4.69, 9.17) is 0 Å². The summed E-state index contributed by atoms with van der Waals surface area (Å²) in [6, 6.07) is 15.4. The van der Waals surface area contributed by atoms with Gasteiger partial charge >= 0.3 is 0 Å². The van der Waals surface area contributed by atoms with Crippen molar-refractivity contribution in [2.45, 2.75) is 51.0 Å². The van der Waals surface area contributed by atoms with Gasteiger partial charge < -0.3 is 16.0 Å². The second-order valence-electron chi connectivity index (χ2n) is 7.85. The van der Waals surface area contributed by atoms with E-state index >= 15 is 0 Å². The van der Waals surface area contributed by atoms with Crippen LogP contribution in [-0.4, -0.2) is 17.9 Å². The van der Waals surface area contributed by atoms with E-state index in [1.54, 1.807) is 24.3 Å². The SMILES string of the molecule is O=C(Nc1ccc(NC2CCCCC2)cc1)c1ccc(NC(=O)C2CC2)cc1. The molecule has 4 rings (SSSR count). The summed E-state index contributed by atoms with van der Waals surface area (Å²) >= 11 is 0. The lowest BCUT2D eigenvalue weighted by Gasteiger charge is -2.23. The highest BCUT2D eigenvalue weighted by Gasteiger charge is 2.29. The van der Waals surface area contributed by atoms with Crippen molar-refractivity contribution in [1.82, 2.24) is 0 Å². The van der Waals surface area contributed by atoms with Crippen LogP contribution in [0.15, 0.2) is 48.5 Å². The van der Waals surface area contributed by atoms with E-state index in [0.717, 1.165) is 29.9 Å². The van der Waals surface area contributed by atoms with Gasteiger partial charge in [-0.05, 0) is 74.2 Å². The van der Waals surface area contributed by atoms with E-state index in [0.29, 0.717) is 11.6 Å². The molecular formula is C23H27N3O2. The van der Waals surface area contributed by atoms with Crippen LogP contribution in [-0.2, 0) is 4.79 Å². The average Bonchev–Trinajstić information content (AvgIpc) is 3.56. The molecule has 2 aliphatic rings. The Bertz CT molecular complexity index is 820. The van der Waals surface area contributed by atoms with Crippen molar-refractivity contribution in [2.75, 3.05) is 16.0 Å². The number of rotatable bonds is 6. The summed E-state index contributed by atoms with van der Waals surface area (Å²) in [5.74, 6) is 0.0748. The molecule has 5 heteroatoms. The molecule has 0 unspecified atom stereocenters. The minimum absolute atomic E-state index is 0.0686. The number of anilines is 3. The first-order chi connectivity index (χ1) is 13.7. The zero-order chi connectivity index (χ0) is 19.3. The normalized spacial score (nSPS) is 17.0. The van der Waals surface area contributed by atoms with E-state index < -0.39 is 0 Å². The van der Waals surface area contributed by atoms with Crippen molar-refractivity contribution >= 4 is 28.9 Å². The number of carbonyl (C=O) groups excluding carboxylic acids is 2. The molecule has 0 radical (unpaired) electrons. The van der Waals surface area contributed by atoms with Gasteiger partial charge in [0.1, 0.15) is 0 Å². The third-order valence-corrected chi connectivity index (χ3v) is 5.48. The van der Waals surface area contributed by atoms with Crippen molar-refractivity contribution in [3.63, 3.8) is 0 Å². The first-order valence-electron chi connectivity index (χ1n) is 10.3. The average molecular weight is 377 g/mol. The minimum Gasteiger partial charge on any atom is -0.382 e. The lowest BCUT2D eigenvalue weighted by Crippen LogP contribution is -2.22. The van der Waals surface area contributed by atoms with Crippen LogP contribution >= 0.6 is 0 Å². The van der Waals surface area contributed by atoms with Crippen molar-refractivity contribution in [3.05, 3.63) is 54.1 Å². The smallest absolute Gasteiger partial charge is 0.255 e. The molecule has 2 fully saturated rings. The fraction of sp³-hybridized carbons (Fsp3) is 0.391. The summed E-state index contributed by atoms with van der Waals surface area (Å²) in [5.41, 5.74) is 3.16. The van der Waals surface area contributed by atoms with Crippen LogP contribution in [0, 0.1) is 5.92 Å². The second-order valence-corrected chi connectivity index (χ2v) is 7.85. The quantitative estimate of drug-likeness (QED) is 0.661. The molecule has 0 aromatic heterocycles. The summed E-state index contributed by atoms with van der Waals surface area (Å²) in [5, 5.41) is 9.39. The van der Waals surface area contributed by atoms with E-state index in [1.807, 2.05) is 24.3 Å².